The first-order valence-electron chi connectivity index (χ1n) is 9.04. The Hall–Kier alpha value is 1.61. The van der Waals surface area contributed by atoms with Crippen molar-refractivity contribution in [3.63, 3.8) is 0 Å². The molecule has 0 amide bonds. The second-order valence-electron chi connectivity index (χ2n) is 7.19. The van der Waals surface area contributed by atoms with E-state index in [1.54, 1.807) is 24.3 Å². The molecule has 0 saturated heterocycles. The third kappa shape index (κ3) is 10.6. The fourth-order valence-electron chi connectivity index (χ4n) is 2.42. The van der Waals surface area contributed by atoms with Gasteiger partial charge in [-0.3, -0.25) is 4.90 Å². The first-order valence-corrected chi connectivity index (χ1v) is 30.7. The van der Waals surface area contributed by atoms with E-state index in [0.717, 1.165) is 0 Å². The first kappa shape index (κ1) is 32.8. The molecule has 0 N–H and O–H groups in total. The van der Waals surface area contributed by atoms with Crippen molar-refractivity contribution in [3.8, 4) is 11.4 Å². The van der Waals surface area contributed by atoms with Gasteiger partial charge in [0, 0.05) is 22.3 Å². The molecule has 3 rings (SSSR count). The van der Waals surface area contributed by atoms with Crippen molar-refractivity contribution in [2.45, 2.75) is 19.9 Å². The number of benzene rings is 2. The molecular weight excluding hydrogens is 821 g/mol. The number of hydrogen-bond donors (Lipinski definition) is 0. The van der Waals surface area contributed by atoms with Crippen LogP contribution in [0, 0.1) is 0 Å². The zero-order valence-corrected chi connectivity index (χ0v) is 29.2. The Balaban J connectivity index is 0.000000540. The molecule has 0 spiro atoms. The van der Waals surface area contributed by atoms with Crippen molar-refractivity contribution in [1.29, 1.82) is 0 Å². The van der Waals surface area contributed by atoms with E-state index in [1.807, 2.05) is 25.8 Å². The normalized spacial score (nSPS) is 13.7. The van der Waals surface area contributed by atoms with Crippen LogP contribution in [0.2, 0.25) is 30.1 Å². The molecule has 18 heteroatoms. The predicted octanol–water partition coefficient (Wildman–Crippen LogP) is 10.1. The van der Waals surface area contributed by atoms with Gasteiger partial charge in [-0.2, -0.15) is 0 Å². The van der Waals surface area contributed by atoms with Gasteiger partial charge in [-0.25, -0.2) is 0 Å². The third-order valence-electron chi connectivity index (χ3n) is 4.01. The summed E-state index contributed by atoms with van der Waals surface area (Å²) in [6.45, 7) is 4.02. The molecular formula is C17H14Cl12N5Sb. The molecule has 0 aliphatic rings. The van der Waals surface area contributed by atoms with Gasteiger partial charge in [-0.1, -0.05) is 74.3 Å². The number of halogens is 12. The number of rotatable bonds is 4. The van der Waals surface area contributed by atoms with Crippen molar-refractivity contribution >= 4 is 138 Å². The molecule has 0 radical (unpaired) electrons. The minimum atomic E-state index is -5.42. The van der Waals surface area contributed by atoms with E-state index in [1.165, 1.54) is 9.48 Å². The molecule has 0 atom stereocenters. The van der Waals surface area contributed by atoms with Gasteiger partial charge in [0.15, 0.2) is 11.4 Å². The van der Waals surface area contributed by atoms with Gasteiger partial charge in [-0.15, -0.1) is 0 Å². The van der Waals surface area contributed by atoms with Gasteiger partial charge in [0.05, 0.1) is 31.2 Å². The quantitative estimate of drug-likeness (QED) is 0.194. The van der Waals surface area contributed by atoms with E-state index in [0.29, 0.717) is 47.5 Å². The van der Waals surface area contributed by atoms with Crippen molar-refractivity contribution in [2.24, 2.45) is 0 Å². The summed E-state index contributed by atoms with van der Waals surface area (Å²) in [5.74, 6) is 0.475. The average molecular weight is 836 g/mol. The molecule has 5 nitrogen and oxygen atoms in total. The standard InChI is InChI=1S/C17H14Cl6N5.6ClH.Sb/c1-8(2)26(3)17-24-28(16-13(22)6-10(19)7-14(16)23)25-27(17)15-11(20)4-9(18)5-12(15)21;;;;;;;/h4-8H,1-3H3;6*1H;/q+1;;;;;;;+5/p-6. The third-order valence-corrected chi connectivity index (χ3v) is 5.60. The summed E-state index contributed by atoms with van der Waals surface area (Å²) >= 11 is 37.6. The topological polar surface area (TPSA) is 37.8 Å². The van der Waals surface area contributed by atoms with Gasteiger partial charge in [0.2, 0.25) is 0 Å². The number of anilines is 1. The Morgan fingerprint density at radius 1 is 0.771 bits per heavy atom. The van der Waals surface area contributed by atoms with Crippen LogP contribution in [0.4, 0.5) is 5.95 Å². The maximum absolute atomic E-state index is 6.41. The Morgan fingerprint density at radius 3 is 1.51 bits per heavy atom. The second kappa shape index (κ2) is 11.2. The van der Waals surface area contributed by atoms with Crippen LogP contribution < -0.4 is 9.58 Å². The van der Waals surface area contributed by atoms with Gasteiger partial charge >= 0.3 is 68.1 Å². The van der Waals surface area contributed by atoms with Crippen LogP contribution in [0.1, 0.15) is 13.8 Å². The fourth-order valence-corrected chi connectivity index (χ4v) is 4.37. The SMILES string of the molecule is CC(C)N(C)c1nn(-c2c(Cl)cc(Cl)cc2Cl)n[n+]1-c1c(Cl)cc(Cl)cc1Cl.[Cl][Sb-]([Cl])([Cl])([Cl])([Cl])[Cl]. The molecule has 1 heterocycles. The van der Waals surface area contributed by atoms with Crippen LogP contribution in [0.25, 0.3) is 11.4 Å². The Morgan fingerprint density at radius 2 is 1.14 bits per heavy atom. The summed E-state index contributed by atoms with van der Waals surface area (Å²) in [6, 6.07) is 6.39. The minimum absolute atomic E-state index is 0.109. The second-order valence-corrected chi connectivity index (χ2v) is 66.6. The Kier molecular flexibility index (Phi) is 10.5. The van der Waals surface area contributed by atoms with Crippen molar-refractivity contribution < 1.29 is 4.68 Å². The van der Waals surface area contributed by atoms with Gasteiger partial charge in [0.1, 0.15) is 0 Å². The van der Waals surface area contributed by atoms with E-state index in [-0.39, 0.29) is 6.04 Å². The summed E-state index contributed by atoms with van der Waals surface area (Å²) in [5.41, 5.74) is 0.814. The molecule has 0 unspecified atom stereocenters. The summed E-state index contributed by atoms with van der Waals surface area (Å²) in [6.07, 6.45) is 0. The van der Waals surface area contributed by atoms with Crippen LogP contribution in [0.15, 0.2) is 24.3 Å². The van der Waals surface area contributed by atoms with Crippen LogP contribution in [-0.4, -0.2) is 37.3 Å². The van der Waals surface area contributed by atoms with Gasteiger partial charge < -0.3 is 0 Å². The Bertz CT molecular complexity index is 1200. The summed E-state index contributed by atoms with van der Waals surface area (Å²) in [7, 11) is 26.8. The van der Waals surface area contributed by atoms with E-state index in [2.05, 4.69) is 10.3 Å². The summed E-state index contributed by atoms with van der Waals surface area (Å²) in [5, 5.41) is 11.1. The van der Waals surface area contributed by atoms with Gasteiger partial charge in [0.25, 0.3) is 0 Å². The zero-order valence-electron chi connectivity index (χ0n) is 17.6. The molecule has 35 heavy (non-hydrogen) atoms. The van der Waals surface area contributed by atoms with E-state index in [9.17, 15) is 0 Å². The molecule has 3 aromatic rings. The first-order chi connectivity index (χ1) is 15.5. The molecule has 0 aliphatic heterocycles. The van der Waals surface area contributed by atoms with Crippen LogP contribution in [0.3, 0.4) is 0 Å². The number of hydrogen-bond acceptors (Lipinski definition) is 3. The van der Waals surface area contributed by atoms with E-state index >= 15 is 0 Å². The molecule has 0 saturated carbocycles. The number of aromatic nitrogens is 4. The maximum atomic E-state index is 6.41. The Labute approximate surface area is 252 Å². The van der Waals surface area contributed by atoms with E-state index < -0.39 is 9.14 Å². The summed E-state index contributed by atoms with van der Waals surface area (Å²) < 4.78 is 1.52. The predicted molar refractivity (Wildman–Crippen MR) is 157 cm³/mol. The van der Waals surface area contributed by atoms with Crippen LogP contribution in [0.5, 0.6) is 0 Å². The molecule has 1 aromatic heterocycles. The van der Waals surface area contributed by atoms with Crippen molar-refractivity contribution in [2.75, 3.05) is 11.9 Å². The monoisotopic (exact) mass is 829 g/mol. The molecule has 0 bridgehead atoms. The summed E-state index contributed by atoms with van der Waals surface area (Å²) in [4.78, 5) is 3.22. The van der Waals surface area contributed by atoms with Gasteiger partial charge in [-0.05, 0) is 42.9 Å². The van der Waals surface area contributed by atoms with Crippen LogP contribution >= 0.6 is 123 Å². The molecule has 0 fully saturated rings. The van der Waals surface area contributed by atoms with Crippen molar-refractivity contribution in [3.05, 3.63) is 54.4 Å². The number of nitrogens with zero attached hydrogens (tertiary/aromatic N) is 5. The van der Waals surface area contributed by atoms with E-state index in [4.69, 9.17) is 123 Å². The number of tetrazole rings is 1. The fraction of sp³-hybridized carbons (Fsp3) is 0.235. The van der Waals surface area contributed by atoms with Crippen LogP contribution in [-0.2, 0) is 0 Å². The molecule has 0 aliphatic carbocycles. The molecule has 196 valence electrons. The zero-order chi connectivity index (χ0) is 27.2. The van der Waals surface area contributed by atoms with Crippen molar-refractivity contribution in [1.82, 2.24) is 15.1 Å². The molecule has 2 aromatic carbocycles. The average Bonchev–Trinajstić information content (AvgIpc) is 3.00.